The number of rotatable bonds is 6. The number of hydrogen-bond acceptors (Lipinski definition) is 4. The Morgan fingerprint density at radius 1 is 1.35 bits per heavy atom. The van der Waals surface area contributed by atoms with E-state index in [0.717, 1.165) is 0 Å². The van der Waals surface area contributed by atoms with Crippen LogP contribution in [0.1, 0.15) is 25.7 Å². The summed E-state index contributed by atoms with van der Waals surface area (Å²) in [5.74, 6) is 0.632. The molecule has 1 fully saturated rings. The molecule has 0 amide bonds. The van der Waals surface area contributed by atoms with Crippen LogP contribution in [0.15, 0.2) is 18.0 Å². The summed E-state index contributed by atoms with van der Waals surface area (Å²) in [7, 11) is 0. The van der Waals surface area contributed by atoms with Crippen molar-refractivity contribution in [2.75, 3.05) is 19.6 Å². The van der Waals surface area contributed by atoms with Gasteiger partial charge in [0.25, 0.3) is 0 Å². The smallest absolute Gasteiger partial charge is 0.419 e. The summed E-state index contributed by atoms with van der Waals surface area (Å²) in [6.45, 7) is 12.3. The van der Waals surface area contributed by atoms with E-state index < -0.39 is 0 Å². The van der Waals surface area contributed by atoms with Crippen LogP contribution < -0.4 is 0 Å². The van der Waals surface area contributed by atoms with Crippen molar-refractivity contribution in [3.8, 4) is 0 Å². The van der Waals surface area contributed by atoms with Crippen molar-refractivity contribution in [2.24, 2.45) is 11.1 Å². The Balaban J connectivity index is 0. The van der Waals surface area contributed by atoms with E-state index in [4.69, 9.17) is 4.84 Å². The fourth-order valence-electron chi connectivity index (χ4n) is 1.62. The molecule has 5 heteroatoms. The van der Waals surface area contributed by atoms with E-state index in [1.165, 1.54) is 31.9 Å². The summed E-state index contributed by atoms with van der Waals surface area (Å²) in [5.41, 5.74) is 0. The van der Waals surface area contributed by atoms with E-state index in [1.807, 2.05) is 0 Å². The van der Waals surface area contributed by atoms with Crippen LogP contribution in [0.25, 0.3) is 0 Å². The second-order valence-electron chi connectivity index (χ2n) is 3.66. The second-order valence-corrected chi connectivity index (χ2v) is 3.66. The number of nitroso groups, excluding NO2 is 1. The maximum Gasteiger partial charge on any atom is 2.00 e. The molecule has 0 saturated heterocycles. The maximum absolute atomic E-state index is 9.71. The molecule has 1 rings (SSSR count). The van der Waals surface area contributed by atoms with E-state index in [9.17, 15) is 4.91 Å². The van der Waals surface area contributed by atoms with Gasteiger partial charge in [-0.1, -0.05) is 37.7 Å². The molecule has 0 N–H and O–H groups in total. The van der Waals surface area contributed by atoms with Gasteiger partial charge in [0.05, 0.1) is 6.54 Å². The zero-order chi connectivity index (χ0) is 12.2. The topological polar surface area (TPSA) is 41.9 Å². The number of hydroxylamine groups is 2. The van der Waals surface area contributed by atoms with Gasteiger partial charge in [-0.3, -0.25) is 0 Å². The molecule has 1 saturated carbocycles. The molecular weight excluding hydrogens is 255 g/mol. The molecule has 0 heterocycles. The van der Waals surface area contributed by atoms with Crippen molar-refractivity contribution in [1.29, 1.82) is 0 Å². The minimum atomic E-state index is 0. The zero-order valence-electron chi connectivity index (χ0n) is 10.4. The monoisotopic (exact) mass is 277 g/mol. The molecule has 1 aliphatic carbocycles. The largest absolute Gasteiger partial charge is 2.00 e. The molecule has 4 nitrogen and oxygen atoms in total. The first-order valence-corrected chi connectivity index (χ1v) is 5.68. The van der Waals surface area contributed by atoms with Gasteiger partial charge in [-0.2, -0.15) is 4.91 Å². The van der Waals surface area contributed by atoms with Crippen molar-refractivity contribution in [2.45, 2.75) is 25.7 Å². The van der Waals surface area contributed by atoms with Gasteiger partial charge in [0.1, 0.15) is 6.26 Å². The van der Waals surface area contributed by atoms with Crippen LogP contribution in [0.4, 0.5) is 0 Å². The first-order valence-electron chi connectivity index (χ1n) is 5.68. The van der Waals surface area contributed by atoms with Crippen molar-refractivity contribution >= 4 is 0 Å². The van der Waals surface area contributed by atoms with Crippen LogP contribution in [0.3, 0.4) is 0 Å². The van der Waals surface area contributed by atoms with Gasteiger partial charge in [-0.25, -0.2) is 5.06 Å². The normalized spacial score (nSPS) is 14.5. The van der Waals surface area contributed by atoms with Gasteiger partial charge < -0.3 is 18.7 Å². The predicted molar refractivity (Wildman–Crippen MR) is 66.2 cm³/mol. The second kappa shape index (κ2) is 13.7. The average Bonchev–Trinajstić information content (AvgIpc) is 2.80. The van der Waals surface area contributed by atoms with E-state index in [2.05, 4.69) is 25.6 Å². The van der Waals surface area contributed by atoms with Crippen LogP contribution >= 0.6 is 0 Å². The van der Waals surface area contributed by atoms with Gasteiger partial charge in [-0.15, -0.1) is 0 Å². The van der Waals surface area contributed by atoms with Gasteiger partial charge in [-0.05, 0) is 18.8 Å². The Bertz CT molecular complexity index is 173. The van der Waals surface area contributed by atoms with E-state index >= 15 is 0 Å². The van der Waals surface area contributed by atoms with Gasteiger partial charge >= 0.3 is 18.6 Å². The molecule has 0 aromatic carbocycles. The number of hydrogen-bond donors (Lipinski definition) is 0. The van der Waals surface area contributed by atoms with Gasteiger partial charge in [0.15, 0.2) is 0 Å². The molecule has 1 radical (unpaired) electrons. The Kier molecular flexibility index (Phi) is 15.4. The molecule has 0 spiro atoms. The third kappa shape index (κ3) is 10.6. The van der Waals surface area contributed by atoms with E-state index in [0.29, 0.717) is 25.6 Å². The summed E-state index contributed by atoms with van der Waals surface area (Å²) in [4.78, 5) is 14.5. The molecule has 0 bridgehead atoms. The Morgan fingerprint density at radius 2 is 1.88 bits per heavy atom. The molecule has 17 heavy (non-hydrogen) atoms. The fourth-order valence-corrected chi connectivity index (χ4v) is 1.62. The quantitative estimate of drug-likeness (QED) is 0.324. The van der Waals surface area contributed by atoms with Crippen molar-refractivity contribution < 1.29 is 23.4 Å². The third-order valence-electron chi connectivity index (χ3n) is 2.53. The summed E-state index contributed by atoms with van der Waals surface area (Å²) in [5, 5.41) is 4.46. The molecule has 97 valence electrons. The fraction of sp³-hybridized carbons (Fsp3) is 0.667. The SMILES string of the molecule is C=CON(C[CH2-])C[CH2-].O=NCC1CCCC1.[V+2]. The average molecular weight is 277 g/mol. The Labute approximate surface area is 117 Å². The van der Waals surface area contributed by atoms with Crippen LogP contribution in [0, 0.1) is 24.7 Å². The summed E-state index contributed by atoms with van der Waals surface area (Å²) < 4.78 is 0. The zero-order valence-corrected chi connectivity index (χ0v) is 11.8. The Morgan fingerprint density at radius 3 is 2.18 bits per heavy atom. The first-order chi connectivity index (χ1) is 7.78. The molecule has 0 atom stereocenters. The minimum absolute atomic E-state index is 0. The van der Waals surface area contributed by atoms with E-state index in [-0.39, 0.29) is 18.6 Å². The van der Waals surface area contributed by atoms with Crippen LogP contribution in [0.2, 0.25) is 0 Å². The van der Waals surface area contributed by atoms with Crippen LogP contribution in [0.5, 0.6) is 0 Å². The predicted octanol–water partition coefficient (Wildman–Crippen LogP) is 2.97. The van der Waals surface area contributed by atoms with Gasteiger partial charge in [0, 0.05) is 0 Å². The first kappa shape index (κ1) is 19.0. The van der Waals surface area contributed by atoms with Crippen molar-refractivity contribution in [3.63, 3.8) is 0 Å². The third-order valence-corrected chi connectivity index (χ3v) is 2.53. The molecular formula is C12H22N2O2V. The number of nitrogens with zero attached hydrogens (tertiary/aromatic N) is 2. The van der Waals surface area contributed by atoms with Crippen molar-refractivity contribution in [1.82, 2.24) is 5.06 Å². The van der Waals surface area contributed by atoms with Gasteiger partial charge in [0.2, 0.25) is 0 Å². The van der Waals surface area contributed by atoms with Crippen molar-refractivity contribution in [3.05, 3.63) is 31.6 Å². The molecule has 0 unspecified atom stereocenters. The molecule has 0 aliphatic heterocycles. The minimum Gasteiger partial charge on any atom is -0.419 e. The standard InChI is InChI=1S/2C6H11NO.V/c8-7-5-6-3-1-2-4-6;1-4-7(5-2)8-6-3;/h2*6H,1-5H2;/q;-2;+2. The van der Waals surface area contributed by atoms with Crippen LogP contribution in [-0.4, -0.2) is 24.7 Å². The molecule has 0 aromatic rings. The maximum atomic E-state index is 9.71. The Hall–Kier alpha value is -0.316. The summed E-state index contributed by atoms with van der Waals surface area (Å²) >= 11 is 0. The van der Waals surface area contributed by atoms with Crippen LogP contribution in [-0.2, 0) is 23.4 Å². The summed E-state index contributed by atoms with van der Waals surface area (Å²) in [6, 6.07) is 0. The summed E-state index contributed by atoms with van der Waals surface area (Å²) in [6.07, 6.45) is 6.42. The van der Waals surface area contributed by atoms with E-state index in [1.54, 1.807) is 5.06 Å². The molecule has 0 aromatic heterocycles. The molecule has 1 aliphatic rings.